The van der Waals surface area contributed by atoms with Gasteiger partial charge in [0.05, 0.1) is 6.42 Å². The molecule has 1 aromatic heterocycles. The van der Waals surface area contributed by atoms with Crippen LogP contribution >= 0.6 is 0 Å². The molecule has 0 saturated carbocycles. The van der Waals surface area contributed by atoms with E-state index in [2.05, 4.69) is 15.5 Å². The number of amides is 1. The van der Waals surface area contributed by atoms with Gasteiger partial charge in [-0.05, 0) is 0 Å². The van der Waals surface area contributed by atoms with Gasteiger partial charge in [0, 0.05) is 0 Å². The highest BCUT2D eigenvalue weighted by molar-refractivity contribution is 6.19. The van der Waals surface area contributed by atoms with Crippen LogP contribution in [0.3, 0.4) is 0 Å². The highest BCUT2D eigenvalue weighted by atomic mass is 16.2. The van der Waals surface area contributed by atoms with Crippen molar-refractivity contribution in [3.8, 4) is 0 Å². The molecule has 1 aromatic rings. The van der Waals surface area contributed by atoms with Crippen LogP contribution in [0.2, 0.25) is 0 Å². The smallest absolute Gasteiger partial charge is 0.233 e. The van der Waals surface area contributed by atoms with Crippen molar-refractivity contribution in [1.82, 2.24) is 10.2 Å². The molecule has 2 heterocycles. The van der Waals surface area contributed by atoms with Crippen LogP contribution in [0.1, 0.15) is 16.8 Å². The molecule has 0 unspecified atom stereocenters. The fourth-order valence-electron chi connectivity index (χ4n) is 1.14. The number of nitrogens with two attached hydrogens (primary N) is 1. The number of hydrogen-bond acceptors (Lipinski definition) is 4. The van der Waals surface area contributed by atoms with Crippen LogP contribution in [0.15, 0.2) is 0 Å². The Bertz CT molecular complexity index is 368. The largest absolute Gasteiger partial charge is 0.383 e. The fourth-order valence-corrected chi connectivity index (χ4v) is 1.14. The lowest BCUT2D eigenvalue weighted by molar-refractivity contribution is -0.115. The molecular formula is C6H6N4O2. The van der Waals surface area contributed by atoms with Crippen LogP contribution in [0, 0.1) is 0 Å². The van der Waals surface area contributed by atoms with Crippen molar-refractivity contribution in [1.29, 1.82) is 0 Å². The van der Waals surface area contributed by atoms with Crippen molar-refractivity contribution in [2.24, 2.45) is 0 Å². The van der Waals surface area contributed by atoms with Gasteiger partial charge in [-0.15, -0.1) is 0 Å². The maximum Gasteiger partial charge on any atom is 0.233 e. The van der Waals surface area contributed by atoms with E-state index in [4.69, 9.17) is 5.73 Å². The van der Waals surface area contributed by atoms with E-state index in [9.17, 15) is 9.59 Å². The zero-order valence-electron chi connectivity index (χ0n) is 6.05. The van der Waals surface area contributed by atoms with Gasteiger partial charge in [0.25, 0.3) is 0 Å². The number of carbonyl (C=O) groups is 2. The number of nitrogen functional groups attached to an aromatic ring is 1. The number of Topliss-reactive ketones (excluding diaryl/α,β-unsaturated/α-hetero) is 1. The van der Waals surface area contributed by atoms with Crippen LogP contribution < -0.4 is 11.1 Å². The Balaban J connectivity index is 2.57. The summed E-state index contributed by atoms with van der Waals surface area (Å²) in [7, 11) is 0. The van der Waals surface area contributed by atoms with Crippen molar-refractivity contribution in [2.45, 2.75) is 6.42 Å². The van der Waals surface area contributed by atoms with Crippen LogP contribution in [-0.4, -0.2) is 21.9 Å². The SMILES string of the molecule is Nc1[nH]nc2c1C(=O)CC(=O)N2. The number of anilines is 2. The molecule has 2 rings (SSSR count). The molecule has 1 amide bonds. The van der Waals surface area contributed by atoms with Crippen LogP contribution in [0.25, 0.3) is 0 Å². The summed E-state index contributed by atoms with van der Waals surface area (Å²) in [5, 5.41) is 8.51. The molecule has 0 spiro atoms. The maximum atomic E-state index is 11.2. The Morgan fingerprint density at radius 3 is 2.92 bits per heavy atom. The number of rotatable bonds is 0. The fraction of sp³-hybridized carbons (Fsp3) is 0.167. The monoisotopic (exact) mass is 166 g/mol. The maximum absolute atomic E-state index is 11.2. The number of fused-ring (bicyclic) bond motifs is 1. The van der Waals surface area contributed by atoms with Crippen LogP contribution in [0.5, 0.6) is 0 Å². The highest BCUT2D eigenvalue weighted by Gasteiger charge is 2.27. The van der Waals surface area contributed by atoms with Crippen LogP contribution in [-0.2, 0) is 4.79 Å². The zero-order valence-corrected chi connectivity index (χ0v) is 6.05. The zero-order chi connectivity index (χ0) is 8.72. The molecule has 62 valence electrons. The molecule has 1 aliphatic rings. The number of carbonyl (C=O) groups excluding carboxylic acids is 2. The Morgan fingerprint density at radius 1 is 1.42 bits per heavy atom. The summed E-state index contributed by atoms with van der Waals surface area (Å²) in [4.78, 5) is 22.0. The minimum Gasteiger partial charge on any atom is -0.383 e. The highest BCUT2D eigenvalue weighted by Crippen LogP contribution is 2.23. The molecule has 1 aliphatic heterocycles. The number of aromatic amines is 1. The van der Waals surface area contributed by atoms with E-state index in [1.165, 1.54) is 0 Å². The number of nitrogens with zero attached hydrogens (tertiary/aromatic N) is 1. The second-order valence-corrected chi connectivity index (χ2v) is 2.51. The number of H-pyrrole nitrogens is 1. The lowest BCUT2D eigenvalue weighted by Crippen LogP contribution is -2.23. The van der Waals surface area contributed by atoms with E-state index in [0.29, 0.717) is 0 Å². The predicted octanol–water partition coefficient (Wildman–Crippen LogP) is -0.483. The van der Waals surface area contributed by atoms with E-state index < -0.39 is 0 Å². The summed E-state index contributed by atoms with van der Waals surface area (Å²) in [5.74, 6) is -0.206. The second kappa shape index (κ2) is 2.07. The first-order chi connectivity index (χ1) is 5.68. The Hall–Kier alpha value is -1.85. The van der Waals surface area contributed by atoms with Gasteiger partial charge in [-0.2, -0.15) is 5.10 Å². The third-order valence-corrected chi connectivity index (χ3v) is 1.65. The topological polar surface area (TPSA) is 101 Å². The first-order valence-electron chi connectivity index (χ1n) is 3.35. The lowest BCUT2D eigenvalue weighted by atomic mass is 10.1. The summed E-state index contributed by atoms with van der Waals surface area (Å²) in [6.07, 6.45) is -0.156. The van der Waals surface area contributed by atoms with Crippen LogP contribution in [0.4, 0.5) is 11.6 Å². The molecule has 6 heteroatoms. The summed E-state index contributed by atoms with van der Waals surface area (Å²) in [6.45, 7) is 0. The van der Waals surface area contributed by atoms with Gasteiger partial charge < -0.3 is 11.1 Å². The molecule has 0 aromatic carbocycles. The lowest BCUT2D eigenvalue weighted by Gasteiger charge is -2.09. The van der Waals surface area contributed by atoms with Gasteiger partial charge in [-0.25, -0.2) is 0 Å². The average molecular weight is 166 g/mol. The number of aromatic nitrogens is 2. The normalized spacial score (nSPS) is 15.7. The Kier molecular flexibility index (Phi) is 1.18. The second-order valence-electron chi connectivity index (χ2n) is 2.51. The number of hydrogen-bond donors (Lipinski definition) is 3. The standard InChI is InChI=1S/C6H6N4O2/c7-5-4-2(11)1-3(12)8-6(4)10-9-5/h1H2,(H4,7,8,9,10,12). The number of ketones is 1. The molecule has 6 nitrogen and oxygen atoms in total. The van der Waals surface area contributed by atoms with Gasteiger partial charge in [0.15, 0.2) is 11.6 Å². The van der Waals surface area contributed by atoms with E-state index in [-0.39, 0.29) is 35.3 Å². The van der Waals surface area contributed by atoms with Crippen molar-refractivity contribution < 1.29 is 9.59 Å². The molecule has 0 saturated heterocycles. The van der Waals surface area contributed by atoms with Gasteiger partial charge in [0.1, 0.15) is 11.4 Å². The summed E-state index contributed by atoms with van der Waals surface area (Å²) in [6, 6.07) is 0. The first kappa shape index (κ1) is 6.84. The summed E-state index contributed by atoms with van der Waals surface area (Å²) >= 11 is 0. The summed E-state index contributed by atoms with van der Waals surface area (Å²) in [5.41, 5.74) is 5.69. The van der Waals surface area contributed by atoms with Crippen molar-refractivity contribution in [3.63, 3.8) is 0 Å². The first-order valence-corrected chi connectivity index (χ1v) is 3.35. The number of nitrogens with one attached hydrogen (secondary N) is 2. The molecule has 4 N–H and O–H groups in total. The molecule has 0 aliphatic carbocycles. The molecule has 0 fully saturated rings. The van der Waals surface area contributed by atoms with E-state index in [0.717, 1.165) is 0 Å². The van der Waals surface area contributed by atoms with E-state index in [1.54, 1.807) is 0 Å². The molecule has 0 bridgehead atoms. The third-order valence-electron chi connectivity index (χ3n) is 1.65. The van der Waals surface area contributed by atoms with E-state index >= 15 is 0 Å². The van der Waals surface area contributed by atoms with Gasteiger partial charge >= 0.3 is 0 Å². The van der Waals surface area contributed by atoms with E-state index in [1.807, 2.05) is 0 Å². The van der Waals surface area contributed by atoms with Crippen molar-refractivity contribution in [3.05, 3.63) is 5.56 Å². The predicted molar refractivity (Wildman–Crippen MR) is 40.6 cm³/mol. The minimum atomic E-state index is -0.348. The van der Waals surface area contributed by atoms with Crippen molar-refractivity contribution >= 4 is 23.3 Å². The summed E-state index contributed by atoms with van der Waals surface area (Å²) < 4.78 is 0. The average Bonchev–Trinajstić information content (AvgIpc) is 2.31. The quantitative estimate of drug-likeness (QED) is 0.453. The molecule has 12 heavy (non-hydrogen) atoms. The minimum absolute atomic E-state index is 0.156. The third kappa shape index (κ3) is 0.777. The molecule has 0 atom stereocenters. The van der Waals surface area contributed by atoms with Crippen molar-refractivity contribution in [2.75, 3.05) is 11.1 Å². The molecular weight excluding hydrogens is 160 g/mol. The Labute approximate surface area is 67.1 Å². The van der Waals surface area contributed by atoms with Gasteiger partial charge in [-0.1, -0.05) is 0 Å². The van der Waals surface area contributed by atoms with Gasteiger partial charge in [0.2, 0.25) is 5.91 Å². The van der Waals surface area contributed by atoms with Gasteiger partial charge in [-0.3, -0.25) is 14.7 Å². The Morgan fingerprint density at radius 2 is 2.17 bits per heavy atom. The molecule has 0 radical (unpaired) electrons.